The van der Waals surface area contributed by atoms with Crippen LogP contribution in [0.4, 0.5) is 0 Å². The Morgan fingerprint density at radius 1 is 1.17 bits per heavy atom. The Hall–Kier alpha value is -2.67. The van der Waals surface area contributed by atoms with Crippen LogP contribution in [-0.4, -0.2) is 36.6 Å². The lowest BCUT2D eigenvalue weighted by Crippen LogP contribution is -2.11. The predicted molar refractivity (Wildman–Crippen MR) is 91.9 cm³/mol. The van der Waals surface area contributed by atoms with Crippen LogP contribution >= 0.6 is 11.8 Å². The number of hydrogen-bond acceptors (Lipinski definition) is 5. The summed E-state index contributed by atoms with van der Waals surface area (Å²) in [5.74, 6) is -0.246. The molecular formula is C17H16N4O2S. The molecule has 122 valence electrons. The number of aliphatic carboxylic acids is 1. The first-order valence-corrected chi connectivity index (χ1v) is 8.40. The molecule has 0 spiro atoms. The van der Waals surface area contributed by atoms with Gasteiger partial charge in [0.05, 0.1) is 11.8 Å². The van der Waals surface area contributed by atoms with Crippen molar-refractivity contribution in [3.8, 4) is 11.4 Å². The lowest BCUT2D eigenvalue weighted by atomic mass is 10.1. The Balaban J connectivity index is 2.05. The zero-order valence-electron chi connectivity index (χ0n) is 13.0. The van der Waals surface area contributed by atoms with Crippen LogP contribution in [-0.2, 0) is 4.79 Å². The van der Waals surface area contributed by atoms with Crippen molar-refractivity contribution in [3.63, 3.8) is 0 Å². The maximum absolute atomic E-state index is 10.9. The quantitative estimate of drug-likeness (QED) is 0.694. The molecule has 0 amide bonds. The van der Waals surface area contributed by atoms with Crippen molar-refractivity contribution in [3.05, 3.63) is 60.4 Å². The Kier molecular flexibility index (Phi) is 4.90. The highest BCUT2D eigenvalue weighted by molar-refractivity contribution is 7.99. The van der Waals surface area contributed by atoms with Gasteiger partial charge in [-0.2, -0.15) is 0 Å². The number of pyridine rings is 1. The second-order valence-electron chi connectivity index (χ2n) is 5.18. The minimum absolute atomic E-state index is 0.0272. The molecule has 7 heteroatoms. The lowest BCUT2D eigenvalue weighted by molar-refractivity contribution is -0.133. The molecule has 0 radical (unpaired) electrons. The molecule has 1 N–H and O–H groups in total. The normalized spacial score (nSPS) is 12.0. The first-order chi connectivity index (χ1) is 11.7. The average molecular weight is 340 g/mol. The highest BCUT2D eigenvalue weighted by Gasteiger charge is 2.20. The van der Waals surface area contributed by atoms with Crippen molar-refractivity contribution in [2.75, 3.05) is 5.75 Å². The maximum Gasteiger partial charge on any atom is 0.313 e. The summed E-state index contributed by atoms with van der Waals surface area (Å²) in [6.07, 6.45) is 3.40. The van der Waals surface area contributed by atoms with Gasteiger partial charge in [0.25, 0.3) is 0 Å². The molecule has 1 atom stereocenters. The SMILES string of the molecule is C[C@H](c1ccccc1)n1c(SCC(=O)O)nnc1-c1ccncc1. The monoisotopic (exact) mass is 340 g/mol. The average Bonchev–Trinajstić information content (AvgIpc) is 3.04. The fourth-order valence-electron chi connectivity index (χ4n) is 2.43. The molecule has 3 rings (SSSR count). The topological polar surface area (TPSA) is 80.9 Å². The van der Waals surface area contributed by atoms with Crippen molar-refractivity contribution in [2.45, 2.75) is 18.1 Å². The molecule has 2 heterocycles. The highest BCUT2D eigenvalue weighted by atomic mass is 32.2. The van der Waals surface area contributed by atoms with Crippen LogP contribution in [0.3, 0.4) is 0 Å². The van der Waals surface area contributed by atoms with Crippen LogP contribution in [0.25, 0.3) is 11.4 Å². The van der Waals surface area contributed by atoms with E-state index in [-0.39, 0.29) is 11.8 Å². The smallest absolute Gasteiger partial charge is 0.313 e. The third-order valence-corrected chi connectivity index (χ3v) is 4.52. The van der Waals surface area contributed by atoms with Gasteiger partial charge in [0.15, 0.2) is 11.0 Å². The molecular weight excluding hydrogens is 324 g/mol. The molecule has 0 fully saturated rings. The Labute approximate surface area is 143 Å². The Bertz CT molecular complexity index is 821. The van der Waals surface area contributed by atoms with Gasteiger partial charge in [-0.25, -0.2) is 0 Å². The summed E-state index contributed by atoms with van der Waals surface area (Å²) < 4.78 is 1.97. The van der Waals surface area contributed by atoms with Gasteiger partial charge in [-0.1, -0.05) is 42.1 Å². The van der Waals surface area contributed by atoms with E-state index in [9.17, 15) is 4.79 Å². The van der Waals surface area contributed by atoms with Gasteiger partial charge in [0.1, 0.15) is 0 Å². The van der Waals surface area contributed by atoms with Crippen molar-refractivity contribution in [2.24, 2.45) is 0 Å². The van der Waals surface area contributed by atoms with E-state index in [1.165, 1.54) is 11.8 Å². The number of carboxylic acids is 1. The van der Waals surface area contributed by atoms with Crippen LogP contribution in [0, 0.1) is 0 Å². The number of carboxylic acid groups (broad SMARTS) is 1. The number of thioether (sulfide) groups is 1. The summed E-state index contributed by atoms with van der Waals surface area (Å²) in [5.41, 5.74) is 1.99. The predicted octanol–water partition coefficient (Wildman–Crippen LogP) is 3.13. The molecule has 0 aliphatic rings. The van der Waals surface area contributed by atoms with Crippen LogP contribution in [0.15, 0.2) is 60.0 Å². The zero-order chi connectivity index (χ0) is 16.9. The van der Waals surface area contributed by atoms with Crippen molar-refractivity contribution in [1.82, 2.24) is 19.7 Å². The molecule has 6 nitrogen and oxygen atoms in total. The number of carbonyl (C=O) groups is 1. The van der Waals surface area contributed by atoms with Crippen LogP contribution in [0.1, 0.15) is 18.5 Å². The number of rotatable bonds is 6. The van der Waals surface area contributed by atoms with Gasteiger partial charge < -0.3 is 5.11 Å². The summed E-state index contributed by atoms with van der Waals surface area (Å²) in [5, 5.41) is 18.0. The summed E-state index contributed by atoms with van der Waals surface area (Å²) in [7, 11) is 0. The first kappa shape index (κ1) is 16.2. The van der Waals surface area contributed by atoms with E-state index in [0.29, 0.717) is 11.0 Å². The van der Waals surface area contributed by atoms with E-state index >= 15 is 0 Å². The Morgan fingerprint density at radius 2 is 1.88 bits per heavy atom. The van der Waals surface area contributed by atoms with E-state index in [0.717, 1.165) is 11.1 Å². The minimum atomic E-state index is -0.882. The van der Waals surface area contributed by atoms with Crippen LogP contribution < -0.4 is 0 Å². The van der Waals surface area contributed by atoms with Gasteiger partial charge in [0, 0.05) is 18.0 Å². The minimum Gasteiger partial charge on any atom is -0.481 e. The van der Waals surface area contributed by atoms with Gasteiger partial charge >= 0.3 is 5.97 Å². The lowest BCUT2D eigenvalue weighted by Gasteiger charge is -2.18. The maximum atomic E-state index is 10.9. The van der Waals surface area contributed by atoms with E-state index < -0.39 is 5.97 Å². The number of nitrogens with zero attached hydrogens (tertiary/aromatic N) is 4. The fraction of sp³-hybridized carbons (Fsp3) is 0.176. The Morgan fingerprint density at radius 3 is 2.54 bits per heavy atom. The molecule has 3 aromatic rings. The molecule has 0 bridgehead atoms. The summed E-state index contributed by atoms with van der Waals surface area (Å²) in [4.78, 5) is 14.9. The summed E-state index contributed by atoms with van der Waals surface area (Å²) in [6, 6.07) is 13.7. The van der Waals surface area contributed by atoms with E-state index in [4.69, 9.17) is 5.11 Å². The third kappa shape index (κ3) is 3.46. The summed E-state index contributed by atoms with van der Waals surface area (Å²) in [6.45, 7) is 2.05. The van der Waals surface area contributed by atoms with Gasteiger partial charge in [-0.3, -0.25) is 14.3 Å². The first-order valence-electron chi connectivity index (χ1n) is 7.41. The fourth-order valence-corrected chi connectivity index (χ4v) is 3.16. The molecule has 0 unspecified atom stereocenters. The van der Waals surface area contributed by atoms with Crippen LogP contribution in [0.2, 0.25) is 0 Å². The van der Waals surface area contributed by atoms with Gasteiger partial charge in [0.2, 0.25) is 0 Å². The number of hydrogen-bond donors (Lipinski definition) is 1. The van der Waals surface area contributed by atoms with E-state index in [1.807, 2.05) is 54.0 Å². The summed E-state index contributed by atoms with van der Waals surface area (Å²) >= 11 is 1.17. The van der Waals surface area contributed by atoms with E-state index in [2.05, 4.69) is 15.2 Å². The van der Waals surface area contributed by atoms with Gasteiger partial charge in [-0.15, -0.1) is 10.2 Å². The molecule has 1 aromatic carbocycles. The zero-order valence-corrected chi connectivity index (χ0v) is 13.8. The molecule has 0 aliphatic carbocycles. The number of aromatic nitrogens is 4. The molecule has 0 saturated carbocycles. The number of benzene rings is 1. The standard InChI is InChI=1S/C17H16N4O2S/c1-12(13-5-3-2-4-6-13)21-16(14-7-9-18-10-8-14)19-20-17(21)24-11-15(22)23/h2-10,12H,11H2,1H3,(H,22,23)/t12-/m1/s1. The van der Waals surface area contributed by atoms with Crippen LogP contribution in [0.5, 0.6) is 0 Å². The second-order valence-corrected chi connectivity index (χ2v) is 6.12. The molecule has 2 aromatic heterocycles. The molecule has 0 aliphatic heterocycles. The molecule has 0 saturated heterocycles. The molecule has 24 heavy (non-hydrogen) atoms. The second kappa shape index (κ2) is 7.27. The largest absolute Gasteiger partial charge is 0.481 e. The van der Waals surface area contributed by atoms with Crippen molar-refractivity contribution >= 4 is 17.7 Å². The van der Waals surface area contributed by atoms with E-state index in [1.54, 1.807) is 12.4 Å². The van der Waals surface area contributed by atoms with Gasteiger partial charge in [-0.05, 0) is 24.6 Å². The third-order valence-electron chi connectivity index (χ3n) is 3.60. The van der Waals surface area contributed by atoms with Crippen molar-refractivity contribution in [1.29, 1.82) is 0 Å². The van der Waals surface area contributed by atoms with Crippen molar-refractivity contribution < 1.29 is 9.90 Å². The highest BCUT2D eigenvalue weighted by Crippen LogP contribution is 2.30.